The zero-order chi connectivity index (χ0) is 13.2. The molecule has 0 saturated carbocycles. The van der Waals surface area contributed by atoms with Crippen molar-refractivity contribution in [2.75, 3.05) is 5.32 Å². The van der Waals surface area contributed by atoms with Crippen molar-refractivity contribution in [3.05, 3.63) is 66.4 Å². The number of nitrogens with zero attached hydrogens (tertiary/aromatic N) is 1. The largest absolute Gasteiger partial charge is 0.349 e. The van der Waals surface area contributed by atoms with E-state index in [1.807, 2.05) is 60.3 Å². The Kier molecular flexibility index (Phi) is 2.80. The molecule has 0 bridgehead atoms. The predicted octanol–water partition coefficient (Wildman–Crippen LogP) is 3.43. The number of hydrogen-bond acceptors (Lipinski definition) is 1. The van der Waals surface area contributed by atoms with Crippen molar-refractivity contribution in [3.63, 3.8) is 0 Å². The number of benzene rings is 2. The molecule has 19 heavy (non-hydrogen) atoms. The average Bonchev–Trinajstić information content (AvgIpc) is 2.83. The van der Waals surface area contributed by atoms with Gasteiger partial charge in [0.05, 0.1) is 11.2 Å². The molecule has 1 amide bonds. The normalized spacial score (nSPS) is 10.6. The Hall–Kier alpha value is -2.55. The lowest BCUT2D eigenvalue weighted by atomic mass is 10.2. The van der Waals surface area contributed by atoms with Crippen LogP contribution in [0.2, 0.25) is 0 Å². The summed E-state index contributed by atoms with van der Waals surface area (Å²) < 4.78 is 2.01. The number of amides is 1. The van der Waals surface area contributed by atoms with Crippen LogP contribution in [-0.4, -0.2) is 10.5 Å². The van der Waals surface area contributed by atoms with Gasteiger partial charge >= 0.3 is 0 Å². The summed E-state index contributed by atoms with van der Waals surface area (Å²) in [5.41, 5.74) is 2.53. The molecule has 0 saturated heterocycles. The van der Waals surface area contributed by atoms with Gasteiger partial charge in [0.25, 0.3) is 5.91 Å². The fraction of sp³-hybridized carbons (Fsp3) is 0.0625. The lowest BCUT2D eigenvalue weighted by Crippen LogP contribution is -2.12. The van der Waals surface area contributed by atoms with Gasteiger partial charge in [-0.3, -0.25) is 4.79 Å². The molecule has 1 aromatic heterocycles. The van der Waals surface area contributed by atoms with Gasteiger partial charge in [-0.2, -0.15) is 0 Å². The van der Waals surface area contributed by atoms with Crippen molar-refractivity contribution >= 4 is 22.5 Å². The first-order chi connectivity index (χ1) is 9.25. The maximum Gasteiger partial charge on any atom is 0.255 e. The number of aryl methyl sites for hydroxylation is 1. The molecule has 3 aromatic rings. The third-order valence-corrected chi connectivity index (χ3v) is 3.18. The third-order valence-electron chi connectivity index (χ3n) is 3.18. The lowest BCUT2D eigenvalue weighted by Gasteiger charge is -2.08. The number of aromatic nitrogens is 1. The number of anilines is 1. The van der Waals surface area contributed by atoms with E-state index in [9.17, 15) is 4.79 Å². The van der Waals surface area contributed by atoms with Gasteiger partial charge in [0, 0.05) is 24.2 Å². The zero-order valence-corrected chi connectivity index (χ0v) is 10.6. The molecule has 0 aliphatic heterocycles. The molecule has 3 rings (SSSR count). The summed E-state index contributed by atoms with van der Waals surface area (Å²) >= 11 is 0. The molecule has 1 heterocycles. The fourth-order valence-electron chi connectivity index (χ4n) is 2.24. The van der Waals surface area contributed by atoms with E-state index >= 15 is 0 Å². The minimum Gasteiger partial charge on any atom is -0.349 e. The standard InChI is InChI=1S/C16H14N2O/c1-18-11-10-12-8-5-9-14(15(12)18)17-16(19)13-6-3-2-4-7-13/h2-11H,1H3,(H,17,19). The third kappa shape index (κ3) is 2.10. The molecule has 0 aliphatic rings. The number of rotatable bonds is 2. The van der Waals surface area contributed by atoms with Crippen LogP contribution in [0, 0.1) is 0 Å². The predicted molar refractivity (Wildman–Crippen MR) is 77.3 cm³/mol. The highest BCUT2D eigenvalue weighted by atomic mass is 16.1. The summed E-state index contributed by atoms with van der Waals surface area (Å²) in [6.07, 6.45) is 1.99. The Morgan fingerprint density at radius 3 is 2.58 bits per heavy atom. The molecule has 0 fully saturated rings. The smallest absolute Gasteiger partial charge is 0.255 e. The zero-order valence-electron chi connectivity index (χ0n) is 10.6. The van der Waals surface area contributed by atoms with Gasteiger partial charge in [-0.15, -0.1) is 0 Å². The quantitative estimate of drug-likeness (QED) is 0.742. The highest BCUT2D eigenvalue weighted by Gasteiger charge is 2.09. The van der Waals surface area contributed by atoms with E-state index in [1.165, 1.54) is 0 Å². The average molecular weight is 250 g/mol. The molecule has 0 spiro atoms. The first kappa shape index (κ1) is 11.5. The Balaban J connectivity index is 1.98. The van der Waals surface area contributed by atoms with Gasteiger partial charge in [0.15, 0.2) is 0 Å². The van der Waals surface area contributed by atoms with Crippen LogP contribution >= 0.6 is 0 Å². The second kappa shape index (κ2) is 4.61. The van der Waals surface area contributed by atoms with Crippen molar-refractivity contribution in [2.45, 2.75) is 0 Å². The van der Waals surface area contributed by atoms with E-state index in [-0.39, 0.29) is 5.91 Å². The van der Waals surface area contributed by atoms with E-state index < -0.39 is 0 Å². The number of nitrogens with one attached hydrogen (secondary N) is 1. The van der Waals surface area contributed by atoms with Gasteiger partial charge in [-0.25, -0.2) is 0 Å². The minimum absolute atomic E-state index is 0.0886. The van der Waals surface area contributed by atoms with Crippen LogP contribution in [0.4, 0.5) is 5.69 Å². The van der Waals surface area contributed by atoms with Crippen molar-refractivity contribution in [2.24, 2.45) is 7.05 Å². The van der Waals surface area contributed by atoms with Crippen LogP contribution in [0.5, 0.6) is 0 Å². The molecule has 94 valence electrons. The van der Waals surface area contributed by atoms with Crippen LogP contribution in [0.3, 0.4) is 0 Å². The number of fused-ring (bicyclic) bond motifs is 1. The topological polar surface area (TPSA) is 34.0 Å². The van der Waals surface area contributed by atoms with Gasteiger partial charge in [-0.05, 0) is 24.3 Å². The summed E-state index contributed by atoms with van der Waals surface area (Å²) in [6, 6.07) is 17.2. The van der Waals surface area contributed by atoms with Gasteiger partial charge < -0.3 is 9.88 Å². The first-order valence-corrected chi connectivity index (χ1v) is 6.16. The molecule has 3 nitrogen and oxygen atoms in total. The molecule has 2 aromatic carbocycles. The second-order valence-electron chi connectivity index (χ2n) is 4.49. The molecule has 0 aliphatic carbocycles. The molecule has 1 N–H and O–H groups in total. The van der Waals surface area contributed by atoms with Crippen molar-refractivity contribution < 1.29 is 4.79 Å². The summed E-state index contributed by atoms with van der Waals surface area (Å²) in [6.45, 7) is 0. The van der Waals surface area contributed by atoms with Crippen molar-refractivity contribution in [3.8, 4) is 0 Å². The summed E-state index contributed by atoms with van der Waals surface area (Å²) in [4.78, 5) is 12.2. The second-order valence-corrected chi connectivity index (χ2v) is 4.49. The number of carbonyl (C=O) groups is 1. The Morgan fingerprint density at radius 2 is 1.79 bits per heavy atom. The number of para-hydroxylation sites is 1. The monoisotopic (exact) mass is 250 g/mol. The van der Waals surface area contributed by atoms with E-state index in [0.29, 0.717) is 5.56 Å². The molecule has 0 unspecified atom stereocenters. The number of carbonyl (C=O) groups excluding carboxylic acids is 1. The minimum atomic E-state index is -0.0886. The molecule has 3 heteroatoms. The Bertz CT molecular complexity index is 729. The Labute approximate surface area is 111 Å². The van der Waals surface area contributed by atoms with Crippen molar-refractivity contribution in [1.29, 1.82) is 0 Å². The molecule has 0 radical (unpaired) electrons. The fourth-order valence-corrected chi connectivity index (χ4v) is 2.24. The SMILES string of the molecule is Cn1ccc2cccc(NC(=O)c3ccccc3)c21. The van der Waals surface area contributed by atoms with Crippen LogP contribution in [-0.2, 0) is 7.05 Å². The summed E-state index contributed by atoms with van der Waals surface area (Å²) in [5.74, 6) is -0.0886. The lowest BCUT2D eigenvalue weighted by molar-refractivity contribution is 0.102. The molecular weight excluding hydrogens is 236 g/mol. The highest BCUT2D eigenvalue weighted by molar-refractivity contribution is 6.08. The van der Waals surface area contributed by atoms with Crippen LogP contribution < -0.4 is 5.32 Å². The van der Waals surface area contributed by atoms with Crippen molar-refractivity contribution in [1.82, 2.24) is 4.57 Å². The first-order valence-electron chi connectivity index (χ1n) is 6.16. The van der Waals surface area contributed by atoms with E-state index in [0.717, 1.165) is 16.6 Å². The molecular formula is C16H14N2O. The highest BCUT2D eigenvalue weighted by Crippen LogP contribution is 2.24. The van der Waals surface area contributed by atoms with Crippen LogP contribution in [0.25, 0.3) is 10.9 Å². The number of hydrogen-bond donors (Lipinski definition) is 1. The summed E-state index contributed by atoms with van der Waals surface area (Å²) in [7, 11) is 1.97. The van der Waals surface area contributed by atoms with Gasteiger partial charge in [0.2, 0.25) is 0 Å². The van der Waals surface area contributed by atoms with E-state index in [1.54, 1.807) is 12.1 Å². The molecule has 0 atom stereocenters. The van der Waals surface area contributed by atoms with E-state index in [4.69, 9.17) is 0 Å². The van der Waals surface area contributed by atoms with Crippen LogP contribution in [0.15, 0.2) is 60.8 Å². The maximum absolute atomic E-state index is 12.2. The van der Waals surface area contributed by atoms with Gasteiger partial charge in [-0.1, -0.05) is 30.3 Å². The maximum atomic E-state index is 12.2. The van der Waals surface area contributed by atoms with Gasteiger partial charge in [0.1, 0.15) is 0 Å². The van der Waals surface area contributed by atoms with E-state index in [2.05, 4.69) is 5.32 Å². The van der Waals surface area contributed by atoms with Crippen LogP contribution in [0.1, 0.15) is 10.4 Å². The Morgan fingerprint density at radius 1 is 1.00 bits per heavy atom. The summed E-state index contributed by atoms with van der Waals surface area (Å²) in [5, 5.41) is 4.09.